The summed E-state index contributed by atoms with van der Waals surface area (Å²) < 4.78 is 5.29. The van der Waals surface area contributed by atoms with E-state index in [1.54, 1.807) is 11.3 Å². The van der Waals surface area contributed by atoms with Gasteiger partial charge in [-0.3, -0.25) is 10.3 Å². The monoisotopic (exact) mass is 240 g/mol. The first kappa shape index (κ1) is 11.5. The van der Waals surface area contributed by atoms with Crippen LogP contribution in [0.2, 0.25) is 0 Å². The van der Waals surface area contributed by atoms with Crippen molar-refractivity contribution < 1.29 is 4.74 Å². The van der Waals surface area contributed by atoms with Crippen molar-refractivity contribution in [1.82, 2.24) is 9.88 Å². The molecule has 1 aliphatic rings. The van der Waals surface area contributed by atoms with Crippen molar-refractivity contribution in [1.29, 1.82) is 5.41 Å². The SMILES string of the molecule is N=C(N)c1csc(CCN2CCOCC2)n1. The third kappa shape index (κ3) is 3.01. The van der Waals surface area contributed by atoms with E-state index in [0.29, 0.717) is 5.69 Å². The maximum absolute atomic E-state index is 7.27. The van der Waals surface area contributed by atoms with E-state index < -0.39 is 0 Å². The van der Waals surface area contributed by atoms with Crippen LogP contribution in [0.4, 0.5) is 0 Å². The molecular formula is C10H16N4OS. The highest BCUT2D eigenvalue weighted by Gasteiger charge is 2.11. The van der Waals surface area contributed by atoms with Crippen LogP contribution in [0.15, 0.2) is 5.38 Å². The number of nitrogens with two attached hydrogens (primary N) is 1. The largest absolute Gasteiger partial charge is 0.382 e. The van der Waals surface area contributed by atoms with Crippen molar-refractivity contribution in [3.8, 4) is 0 Å². The van der Waals surface area contributed by atoms with Crippen LogP contribution >= 0.6 is 11.3 Å². The second kappa shape index (κ2) is 5.38. The van der Waals surface area contributed by atoms with Gasteiger partial charge in [-0.1, -0.05) is 0 Å². The molecule has 1 fully saturated rings. The number of thiazole rings is 1. The predicted octanol–water partition coefficient (Wildman–Crippen LogP) is 0.302. The minimum atomic E-state index is 0.0499. The molecule has 1 aliphatic heterocycles. The first-order valence-corrected chi connectivity index (χ1v) is 6.22. The van der Waals surface area contributed by atoms with Gasteiger partial charge in [0.1, 0.15) is 11.5 Å². The third-order valence-electron chi connectivity index (χ3n) is 2.57. The molecule has 88 valence electrons. The van der Waals surface area contributed by atoms with E-state index in [4.69, 9.17) is 15.9 Å². The van der Waals surface area contributed by atoms with Gasteiger partial charge in [0.05, 0.1) is 18.2 Å². The van der Waals surface area contributed by atoms with E-state index in [1.165, 1.54) is 0 Å². The number of morpholine rings is 1. The molecule has 0 atom stereocenters. The summed E-state index contributed by atoms with van der Waals surface area (Å²) in [7, 11) is 0. The number of hydrogen-bond donors (Lipinski definition) is 2. The molecule has 0 radical (unpaired) electrons. The maximum atomic E-state index is 7.27. The van der Waals surface area contributed by atoms with E-state index >= 15 is 0 Å². The van der Waals surface area contributed by atoms with Crippen LogP contribution in [0.5, 0.6) is 0 Å². The predicted molar refractivity (Wildman–Crippen MR) is 64.1 cm³/mol. The quantitative estimate of drug-likeness (QED) is 0.586. The highest BCUT2D eigenvalue weighted by Crippen LogP contribution is 2.10. The van der Waals surface area contributed by atoms with Gasteiger partial charge in [-0.05, 0) is 0 Å². The number of ether oxygens (including phenoxy) is 1. The van der Waals surface area contributed by atoms with Gasteiger partial charge in [-0.2, -0.15) is 0 Å². The smallest absolute Gasteiger partial charge is 0.142 e. The molecular weight excluding hydrogens is 224 g/mol. The first-order chi connectivity index (χ1) is 7.75. The Hall–Kier alpha value is -0.980. The fourth-order valence-corrected chi connectivity index (χ4v) is 2.42. The molecule has 0 amide bonds. The molecule has 1 aromatic rings. The molecule has 0 aromatic carbocycles. The normalized spacial score (nSPS) is 17.5. The Labute approximate surface area is 98.7 Å². The molecule has 1 saturated heterocycles. The zero-order valence-corrected chi connectivity index (χ0v) is 9.92. The Bertz CT molecular complexity index is 359. The van der Waals surface area contributed by atoms with Crippen molar-refractivity contribution >= 4 is 17.2 Å². The van der Waals surface area contributed by atoms with E-state index in [-0.39, 0.29) is 5.84 Å². The van der Waals surface area contributed by atoms with Crippen LogP contribution in [0.1, 0.15) is 10.7 Å². The first-order valence-electron chi connectivity index (χ1n) is 5.34. The summed E-state index contributed by atoms with van der Waals surface area (Å²) in [4.78, 5) is 6.68. The number of nitrogens with one attached hydrogen (secondary N) is 1. The molecule has 0 aliphatic carbocycles. The molecule has 0 spiro atoms. The van der Waals surface area contributed by atoms with E-state index in [1.807, 2.05) is 5.38 Å². The highest BCUT2D eigenvalue weighted by molar-refractivity contribution is 7.09. The second-order valence-corrected chi connectivity index (χ2v) is 4.69. The zero-order chi connectivity index (χ0) is 11.4. The van der Waals surface area contributed by atoms with E-state index in [0.717, 1.165) is 44.3 Å². The van der Waals surface area contributed by atoms with Crippen LogP contribution in [0.3, 0.4) is 0 Å². The molecule has 0 bridgehead atoms. The Morgan fingerprint density at radius 1 is 1.56 bits per heavy atom. The van der Waals surface area contributed by atoms with Gasteiger partial charge in [-0.25, -0.2) is 4.98 Å². The van der Waals surface area contributed by atoms with E-state index in [2.05, 4.69) is 9.88 Å². The van der Waals surface area contributed by atoms with Crippen LogP contribution in [-0.2, 0) is 11.2 Å². The lowest BCUT2D eigenvalue weighted by atomic mass is 10.3. The topological polar surface area (TPSA) is 75.2 Å². The Morgan fingerprint density at radius 3 is 2.94 bits per heavy atom. The molecule has 6 heteroatoms. The molecule has 3 N–H and O–H groups in total. The molecule has 1 aromatic heterocycles. The number of nitrogens with zero attached hydrogens (tertiary/aromatic N) is 2. The minimum Gasteiger partial charge on any atom is -0.382 e. The molecule has 16 heavy (non-hydrogen) atoms. The lowest BCUT2D eigenvalue weighted by Crippen LogP contribution is -2.37. The van der Waals surface area contributed by atoms with E-state index in [9.17, 15) is 0 Å². The summed E-state index contributed by atoms with van der Waals surface area (Å²) in [5, 5.41) is 10.2. The van der Waals surface area contributed by atoms with Crippen LogP contribution in [0.25, 0.3) is 0 Å². The fraction of sp³-hybridized carbons (Fsp3) is 0.600. The zero-order valence-electron chi connectivity index (χ0n) is 9.11. The number of nitrogen functional groups attached to an aromatic ring is 1. The van der Waals surface area contributed by atoms with Gasteiger partial charge in [0.25, 0.3) is 0 Å². The summed E-state index contributed by atoms with van der Waals surface area (Å²) in [5.74, 6) is 0.0499. The Morgan fingerprint density at radius 2 is 2.31 bits per heavy atom. The van der Waals surface area contributed by atoms with Crippen LogP contribution in [0, 0.1) is 5.41 Å². The van der Waals surface area contributed by atoms with Crippen LogP contribution in [-0.4, -0.2) is 48.6 Å². The summed E-state index contributed by atoms with van der Waals surface area (Å²) in [5.41, 5.74) is 5.97. The second-order valence-electron chi connectivity index (χ2n) is 3.74. The third-order valence-corrected chi connectivity index (χ3v) is 3.48. The molecule has 2 heterocycles. The van der Waals surface area contributed by atoms with Crippen LogP contribution < -0.4 is 5.73 Å². The summed E-state index contributed by atoms with van der Waals surface area (Å²) in [6.45, 7) is 4.68. The van der Waals surface area contributed by atoms with Crippen molar-refractivity contribution in [2.45, 2.75) is 6.42 Å². The Balaban J connectivity index is 1.81. The Kier molecular flexibility index (Phi) is 3.87. The summed E-state index contributed by atoms with van der Waals surface area (Å²) in [6.07, 6.45) is 0.929. The maximum Gasteiger partial charge on any atom is 0.142 e. The summed E-state index contributed by atoms with van der Waals surface area (Å²) in [6, 6.07) is 0. The van der Waals surface area contributed by atoms with Crippen molar-refractivity contribution in [3.05, 3.63) is 16.1 Å². The van der Waals surface area contributed by atoms with Gasteiger partial charge >= 0.3 is 0 Å². The molecule has 0 unspecified atom stereocenters. The van der Waals surface area contributed by atoms with Gasteiger partial charge < -0.3 is 10.5 Å². The average molecular weight is 240 g/mol. The minimum absolute atomic E-state index is 0.0499. The van der Waals surface area contributed by atoms with Crippen molar-refractivity contribution in [2.24, 2.45) is 5.73 Å². The summed E-state index contributed by atoms with van der Waals surface area (Å²) >= 11 is 1.58. The lowest BCUT2D eigenvalue weighted by molar-refractivity contribution is 0.0384. The number of rotatable bonds is 4. The lowest BCUT2D eigenvalue weighted by Gasteiger charge is -2.25. The van der Waals surface area contributed by atoms with Crippen molar-refractivity contribution in [2.75, 3.05) is 32.8 Å². The average Bonchev–Trinajstić information content (AvgIpc) is 2.76. The van der Waals surface area contributed by atoms with Gasteiger partial charge in [0.15, 0.2) is 0 Å². The fourth-order valence-electron chi connectivity index (χ4n) is 1.63. The van der Waals surface area contributed by atoms with Gasteiger partial charge in [-0.15, -0.1) is 11.3 Å². The van der Waals surface area contributed by atoms with Gasteiger partial charge in [0.2, 0.25) is 0 Å². The number of aromatic nitrogens is 1. The number of amidine groups is 1. The van der Waals surface area contributed by atoms with Crippen molar-refractivity contribution in [3.63, 3.8) is 0 Å². The highest BCUT2D eigenvalue weighted by atomic mass is 32.1. The molecule has 5 nitrogen and oxygen atoms in total. The standard InChI is InChI=1S/C10H16N4OS/c11-10(12)8-7-16-9(13-8)1-2-14-3-5-15-6-4-14/h7H,1-6H2,(H3,11,12). The van der Waals surface area contributed by atoms with Gasteiger partial charge in [0, 0.05) is 31.4 Å². The number of hydrogen-bond acceptors (Lipinski definition) is 5. The molecule has 0 saturated carbocycles. The molecule has 2 rings (SSSR count).